The molecule has 0 aromatic rings. The van der Waals surface area contributed by atoms with Gasteiger partial charge in [-0.2, -0.15) is 0 Å². The lowest BCUT2D eigenvalue weighted by molar-refractivity contribution is -0.122. The first kappa shape index (κ1) is 106. The molecule has 4 fully saturated rings. The summed E-state index contributed by atoms with van der Waals surface area (Å²) in [6.45, 7) is 55.5. The van der Waals surface area contributed by atoms with E-state index in [1.807, 2.05) is 83.3 Å². The summed E-state index contributed by atoms with van der Waals surface area (Å²) in [5, 5.41) is 31.6. The molecule has 606 valence electrons. The van der Waals surface area contributed by atoms with E-state index in [1.54, 1.807) is 0 Å². The van der Waals surface area contributed by atoms with Crippen LogP contribution in [-0.4, -0.2) is 261 Å². The van der Waals surface area contributed by atoms with Crippen molar-refractivity contribution in [2.75, 3.05) is 162 Å². The zero-order chi connectivity index (χ0) is 79.6. The second kappa shape index (κ2) is 64.0. The number of nitrogens with two attached hydrogens (primary N) is 1. The smallest absolute Gasteiger partial charge is 0.289 e. The van der Waals surface area contributed by atoms with Gasteiger partial charge < -0.3 is 57.3 Å². The van der Waals surface area contributed by atoms with Crippen LogP contribution in [0.15, 0.2) is 0 Å². The van der Waals surface area contributed by atoms with Crippen LogP contribution in [0, 0.1) is 59.8 Å². The van der Waals surface area contributed by atoms with E-state index in [9.17, 15) is 54.0 Å². The molecule has 6 amide bonds. The van der Waals surface area contributed by atoms with Gasteiger partial charge in [-0.25, -0.2) is 36.5 Å². The number of primary amides is 1. The van der Waals surface area contributed by atoms with Crippen molar-refractivity contribution in [3.05, 3.63) is 11.4 Å². The van der Waals surface area contributed by atoms with Gasteiger partial charge in [-0.1, -0.05) is 125 Å². The second-order valence-corrected chi connectivity index (χ2v) is 36.9. The van der Waals surface area contributed by atoms with Gasteiger partial charge in [-0.05, 0) is 93.7 Å². The topological polar surface area (TPSA) is 383 Å². The molecule has 0 unspecified atom stereocenters. The summed E-state index contributed by atoms with van der Waals surface area (Å²) in [4.78, 5) is 74.8. The van der Waals surface area contributed by atoms with Gasteiger partial charge in [-0.15, -0.1) is 0 Å². The van der Waals surface area contributed by atoms with Gasteiger partial charge in [0.05, 0.1) is 49.5 Å². The van der Waals surface area contributed by atoms with Crippen LogP contribution in [0.1, 0.15) is 182 Å². The number of sulfonamides is 1. The number of nitrogens with one attached hydrogen (secondary N) is 9. The highest BCUT2D eigenvalue weighted by atomic mass is 32.2. The third-order valence-corrected chi connectivity index (χ3v) is 18.1. The number of ether oxygens (including phenoxy) is 1. The Morgan fingerprint density at radius 3 is 1.33 bits per heavy atom. The van der Waals surface area contributed by atoms with Crippen molar-refractivity contribution in [3.63, 3.8) is 0 Å². The molecule has 0 spiro atoms. The summed E-state index contributed by atoms with van der Waals surface area (Å²) < 4.78 is 73.6. The fourth-order valence-corrected chi connectivity index (χ4v) is 12.8. The number of sulfone groups is 2. The fourth-order valence-electron chi connectivity index (χ4n) is 9.62. The molecule has 0 aromatic carbocycles. The number of likely N-dealkylation sites (N-methyl/N-ethyl adjacent to an activating group) is 2. The predicted octanol–water partition coefficient (Wildman–Crippen LogP) is 4.31. The molecule has 0 aromatic heterocycles. The van der Waals surface area contributed by atoms with Gasteiger partial charge >= 0.3 is 0 Å². The average molecular weight is 1520 g/mol. The minimum Gasteiger partial charge on any atom is -0.395 e. The number of amides is 6. The molecule has 12 N–H and O–H groups in total. The van der Waals surface area contributed by atoms with E-state index in [4.69, 9.17) is 22.1 Å². The quantitative estimate of drug-likeness (QED) is 0.0446. The van der Waals surface area contributed by atoms with Gasteiger partial charge in [0, 0.05) is 141 Å². The lowest BCUT2D eigenvalue weighted by Gasteiger charge is -2.31. The third kappa shape index (κ3) is 84.7. The van der Waals surface area contributed by atoms with E-state index in [1.165, 1.54) is 19.5 Å². The van der Waals surface area contributed by atoms with Crippen LogP contribution < -0.4 is 53.0 Å². The highest BCUT2D eigenvalue weighted by molar-refractivity contribution is 7.91. The lowest BCUT2D eigenvalue weighted by atomic mass is 10.0. The number of aliphatic hydroxyl groups is 1. The van der Waals surface area contributed by atoms with Crippen molar-refractivity contribution >= 4 is 65.1 Å². The number of piperazine rings is 1. The van der Waals surface area contributed by atoms with Crippen LogP contribution >= 0.6 is 0 Å². The Balaban J connectivity index is -0.000000348. The largest absolute Gasteiger partial charge is 0.395 e. The van der Waals surface area contributed by atoms with Crippen molar-refractivity contribution in [2.24, 2.45) is 59.0 Å². The Labute approximate surface area is 620 Å². The van der Waals surface area contributed by atoms with Crippen LogP contribution in [0.25, 0.3) is 4.85 Å². The number of carbonyl (C=O) groups excluding carboxylic acids is 6. The van der Waals surface area contributed by atoms with Gasteiger partial charge in [0.25, 0.3) is 6.67 Å². The van der Waals surface area contributed by atoms with Gasteiger partial charge in [0.1, 0.15) is 9.84 Å². The molecule has 4 rings (SSSR count). The molecule has 3 atom stereocenters. The first-order chi connectivity index (χ1) is 47.1. The lowest BCUT2D eigenvalue weighted by Crippen LogP contribution is -2.51. The summed E-state index contributed by atoms with van der Waals surface area (Å²) in [6.07, 6.45) is 7.60. The number of aliphatic hydroxyl groups excluding tert-OH is 1. The van der Waals surface area contributed by atoms with Gasteiger partial charge in [0.15, 0.2) is 9.84 Å². The van der Waals surface area contributed by atoms with Crippen LogP contribution in [0.2, 0.25) is 0 Å². The standard InChI is InChI=1S/C11H22N2O2.C9H20N2O.C9H20N2.C8H17NO3S.C8H17NO2S.C7H16N2O2S.C7H12N2O.C7H15NO2.C5H11NO/c1-10(2)9-11(14)12-3-4-13-5-7-15-8-6-13;1-8(2)7-9(12)10-5-6-11(3)4;1-8(2)6-9-7-11(3)5-4-10-9;1-7(2)6-8(10)9-4-5-13(3,11)12;1-7(2)5-8-6-12(10,11)4-3-9-8;1-6(2)3-7-4-12(10,11)9-5-8-7;1-6(2)4-7(10)9-5-8-3;1-6(2)5-7(10)8-3-4-9;1-4(2)3-5(6)7/h10H,3-9H2,1-2H3,(H,12,14);8H,5-7H2,1-4H3,(H,10,12);8-10H,4-7H2,1-3H3;7H,4-6H2,1-3H3,(H,9,10);7-9H,3-6H2,1-2H3;6-9H,3-5H2,1-2H3;6H,4-5H2,1-2H3,(H,9,10);6,9H,3-5H2,1-2H3,(H,8,10);4H,3H2,1-2H3,(H2,6,7)/t;;9-;;8-;7-;;;/m..0.00.../s1. The molecule has 102 heavy (non-hydrogen) atoms. The van der Waals surface area contributed by atoms with Crippen molar-refractivity contribution in [1.29, 1.82) is 0 Å². The molecular formula is C71H150N14O14S3. The monoisotopic (exact) mass is 1520 g/mol. The maximum Gasteiger partial charge on any atom is 0.289 e. The van der Waals surface area contributed by atoms with Crippen molar-refractivity contribution in [3.8, 4) is 0 Å². The van der Waals surface area contributed by atoms with Crippen molar-refractivity contribution in [1.82, 2.24) is 62.0 Å². The molecule has 4 aliphatic rings. The van der Waals surface area contributed by atoms with E-state index in [0.717, 1.165) is 90.1 Å². The number of morpholine rings is 1. The SMILES string of the molecule is CC(C)CC(=O)NCCN(C)C.CC(C)CC(=O)NCCN1CCOCC1.CC(C)CC(=O)NCCO.CC(C)CC(=O)NCCS(C)(=O)=O.CC(C)CC(N)=O.CC(C)C[C@H]1CN(C)CCN1.CC(C)C[C@H]1CS(=O)(=O)CCN1.CC(C)C[C@H]1CS(=O)(=O)NCN1.[C-]#[N+]CNC(=O)CC(C)C. The summed E-state index contributed by atoms with van der Waals surface area (Å²) in [7, 11) is -2.50. The third-order valence-electron chi connectivity index (χ3n) is 14.0. The van der Waals surface area contributed by atoms with E-state index in [2.05, 4.69) is 129 Å². The Morgan fingerprint density at radius 1 is 0.569 bits per heavy atom. The zero-order valence-corrected chi connectivity index (χ0v) is 69.9. The first-order valence-corrected chi connectivity index (χ1v) is 42.4. The predicted molar refractivity (Wildman–Crippen MR) is 417 cm³/mol. The van der Waals surface area contributed by atoms with E-state index in [0.29, 0.717) is 117 Å². The molecule has 0 saturated carbocycles. The van der Waals surface area contributed by atoms with Gasteiger partial charge in [0.2, 0.25) is 45.5 Å². The van der Waals surface area contributed by atoms with Crippen LogP contribution in [-0.2, 0) is 63.2 Å². The van der Waals surface area contributed by atoms with E-state index >= 15 is 0 Å². The molecule has 28 nitrogen and oxygen atoms in total. The maximum absolute atomic E-state index is 11.3. The molecule has 0 aliphatic carbocycles. The summed E-state index contributed by atoms with van der Waals surface area (Å²) in [6, 6.07) is 1.04. The summed E-state index contributed by atoms with van der Waals surface area (Å²) >= 11 is 0. The highest BCUT2D eigenvalue weighted by Crippen LogP contribution is 2.12. The minimum absolute atomic E-state index is 0.0107. The average Bonchev–Trinajstić information content (AvgIpc) is 0.881. The molecule has 4 aliphatic heterocycles. The maximum atomic E-state index is 11.3. The van der Waals surface area contributed by atoms with Crippen LogP contribution in [0.3, 0.4) is 0 Å². The Morgan fingerprint density at radius 2 is 0.971 bits per heavy atom. The first-order valence-electron chi connectivity index (χ1n) is 36.9. The summed E-state index contributed by atoms with van der Waals surface area (Å²) in [5.74, 6) is 5.13. The number of hydrogen-bond acceptors (Lipinski definition) is 20. The minimum atomic E-state index is -2.99. The number of hydrogen-bond donors (Lipinski definition) is 11. The molecule has 31 heteroatoms. The van der Waals surface area contributed by atoms with Crippen molar-refractivity contribution < 1.29 is 63.9 Å². The summed E-state index contributed by atoms with van der Waals surface area (Å²) in [5.41, 5.74) is 4.85. The van der Waals surface area contributed by atoms with Crippen LogP contribution in [0.4, 0.5) is 0 Å². The normalized spacial score (nSPS) is 17.8. The fraction of sp³-hybridized carbons (Fsp3) is 0.901. The Hall–Kier alpha value is -4.20. The molecule has 0 radical (unpaired) electrons. The van der Waals surface area contributed by atoms with Gasteiger partial charge in [-0.3, -0.25) is 49.1 Å². The number of nitrogens with zero attached hydrogens (tertiary/aromatic N) is 4. The second-order valence-electron chi connectivity index (χ2n) is 30.6. The van der Waals surface area contributed by atoms with Crippen LogP contribution in [0.5, 0.6) is 0 Å². The van der Waals surface area contributed by atoms with E-state index < -0.39 is 29.7 Å². The molecular weight excluding hydrogens is 1370 g/mol. The molecule has 4 heterocycles. The van der Waals surface area contributed by atoms with Crippen molar-refractivity contribution in [2.45, 2.75) is 201 Å². The molecule has 0 bridgehead atoms. The highest BCUT2D eigenvalue weighted by Gasteiger charge is 2.25. The van der Waals surface area contributed by atoms with E-state index in [-0.39, 0.29) is 78.9 Å². The Bertz CT molecular complexity index is 2500. The number of rotatable bonds is 30. The Kier molecular flexibility index (Phi) is 66.8. The number of carbonyl (C=O) groups is 6. The zero-order valence-electron chi connectivity index (χ0n) is 67.5. The molecule has 4 saturated heterocycles.